The zero-order valence-electron chi connectivity index (χ0n) is 14.7. The Morgan fingerprint density at radius 1 is 1.38 bits per heavy atom. The summed E-state index contributed by atoms with van der Waals surface area (Å²) in [6.07, 6.45) is 6.12. The summed E-state index contributed by atoms with van der Waals surface area (Å²) < 4.78 is 1.51. The Labute approximate surface area is 148 Å². The van der Waals surface area contributed by atoms with Crippen molar-refractivity contribution in [3.63, 3.8) is 0 Å². The van der Waals surface area contributed by atoms with Gasteiger partial charge < -0.3 is 0 Å². The van der Waals surface area contributed by atoms with Gasteiger partial charge in [-0.25, -0.2) is 0 Å². The molecule has 4 nitrogen and oxygen atoms in total. The molecule has 1 aromatic rings. The first-order chi connectivity index (χ1) is 11.4. The van der Waals surface area contributed by atoms with Crippen LogP contribution in [0.3, 0.4) is 0 Å². The molecule has 2 aliphatic heterocycles. The van der Waals surface area contributed by atoms with Gasteiger partial charge in [-0.15, -0.1) is 0 Å². The summed E-state index contributed by atoms with van der Waals surface area (Å²) in [5.74, 6) is 0.0741. The van der Waals surface area contributed by atoms with Gasteiger partial charge in [-0.2, -0.15) is 0 Å². The van der Waals surface area contributed by atoms with Crippen molar-refractivity contribution in [2.24, 2.45) is 0 Å². The summed E-state index contributed by atoms with van der Waals surface area (Å²) in [6, 6.07) is 8.53. The number of carbonyl (C=O) groups excluding carboxylic acids is 1. The number of amides is 1. The van der Waals surface area contributed by atoms with E-state index in [4.69, 9.17) is 0 Å². The average Bonchev–Trinajstić information content (AvgIpc) is 3.02. The normalized spacial score (nSPS) is 20.0. The van der Waals surface area contributed by atoms with Gasteiger partial charge in [-0.3, -0.25) is 0 Å². The van der Waals surface area contributed by atoms with E-state index in [0.29, 0.717) is 13.1 Å². The van der Waals surface area contributed by atoms with Crippen LogP contribution in [0.1, 0.15) is 18.4 Å². The Morgan fingerprint density at radius 3 is 2.88 bits per heavy atom. The number of fused-ring (bicyclic) bond motifs is 1. The van der Waals surface area contributed by atoms with Crippen LogP contribution in [0.15, 0.2) is 24.3 Å². The van der Waals surface area contributed by atoms with Crippen LogP contribution in [0.2, 0.25) is 14.8 Å². The van der Waals surface area contributed by atoms with E-state index in [2.05, 4.69) is 56.1 Å². The topological polar surface area (TPSA) is 47.3 Å². The molecule has 1 unspecified atom stereocenters. The van der Waals surface area contributed by atoms with Crippen molar-refractivity contribution in [2.45, 2.75) is 33.7 Å². The quantitative estimate of drug-likeness (QED) is 0.693. The molecule has 1 atom stereocenters. The summed E-state index contributed by atoms with van der Waals surface area (Å²) in [5.41, 5.74) is 2.47. The van der Waals surface area contributed by atoms with E-state index in [1.807, 2.05) is 0 Å². The van der Waals surface area contributed by atoms with E-state index in [9.17, 15) is 10.1 Å². The molecule has 5 heteroatoms. The van der Waals surface area contributed by atoms with Gasteiger partial charge in [0.1, 0.15) is 0 Å². The Hall–Kier alpha value is -1.48. The molecule has 1 aromatic carbocycles. The monoisotopic (exact) mass is 431 g/mol. The summed E-state index contributed by atoms with van der Waals surface area (Å²) in [4.78, 5) is 23.9. The molecule has 0 aliphatic carbocycles. The molecular formula is C19H25N3OSn. The van der Waals surface area contributed by atoms with Crippen molar-refractivity contribution >= 4 is 39.6 Å². The second kappa shape index (κ2) is 6.79. The first-order valence-electron chi connectivity index (χ1n) is 8.66. The Kier molecular flexibility index (Phi) is 4.91. The SMILES string of the molecule is [CH3][Sn]([CH3])([CH3])[c]1cccc2c1C=CCN2CC(=O)N1CCCC1C#N. The number of benzene rings is 1. The molecule has 0 aromatic heterocycles. The van der Waals surface area contributed by atoms with Crippen LogP contribution in [-0.4, -0.2) is 54.9 Å². The zero-order chi connectivity index (χ0) is 17.3. The van der Waals surface area contributed by atoms with Crippen molar-refractivity contribution in [3.8, 4) is 6.07 Å². The van der Waals surface area contributed by atoms with Crippen LogP contribution in [0.25, 0.3) is 6.08 Å². The van der Waals surface area contributed by atoms with Gasteiger partial charge in [0.2, 0.25) is 0 Å². The van der Waals surface area contributed by atoms with E-state index in [1.54, 1.807) is 4.90 Å². The van der Waals surface area contributed by atoms with Gasteiger partial charge >= 0.3 is 149 Å². The number of nitriles is 1. The molecule has 1 fully saturated rings. The van der Waals surface area contributed by atoms with Crippen molar-refractivity contribution in [1.82, 2.24) is 4.90 Å². The molecule has 0 N–H and O–H groups in total. The number of rotatable bonds is 3. The van der Waals surface area contributed by atoms with Crippen molar-refractivity contribution < 1.29 is 4.79 Å². The number of nitrogens with zero attached hydrogens (tertiary/aromatic N) is 3. The molecule has 1 saturated heterocycles. The van der Waals surface area contributed by atoms with Crippen LogP contribution < -0.4 is 8.48 Å². The molecule has 2 aliphatic rings. The summed E-state index contributed by atoms with van der Waals surface area (Å²) in [7, 11) is 0. The van der Waals surface area contributed by atoms with Crippen molar-refractivity contribution in [3.05, 3.63) is 29.8 Å². The summed E-state index contributed by atoms with van der Waals surface area (Å²) >= 11 is -2.21. The van der Waals surface area contributed by atoms with E-state index in [1.165, 1.54) is 14.8 Å². The number of likely N-dealkylation sites (tertiary alicyclic amines) is 1. The van der Waals surface area contributed by atoms with Gasteiger partial charge in [0.15, 0.2) is 0 Å². The van der Waals surface area contributed by atoms with Gasteiger partial charge in [0.05, 0.1) is 0 Å². The number of anilines is 1. The predicted molar refractivity (Wildman–Crippen MR) is 101 cm³/mol. The third kappa shape index (κ3) is 3.32. The summed E-state index contributed by atoms with van der Waals surface area (Å²) in [5, 5.41) is 9.21. The number of hydrogen-bond donors (Lipinski definition) is 0. The Bertz CT molecular complexity index is 714. The first-order valence-corrected chi connectivity index (χ1v) is 18.6. The van der Waals surface area contributed by atoms with Crippen LogP contribution in [-0.2, 0) is 4.79 Å². The third-order valence-corrected chi connectivity index (χ3v) is 10.7. The molecule has 0 radical (unpaired) electrons. The zero-order valence-corrected chi connectivity index (χ0v) is 17.6. The molecule has 0 spiro atoms. The van der Waals surface area contributed by atoms with Gasteiger partial charge in [0.25, 0.3) is 0 Å². The third-order valence-electron chi connectivity index (χ3n) is 4.89. The molecule has 2 heterocycles. The van der Waals surface area contributed by atoms with Crippen LogP contribution in [0, 0.1) is 11.3 Å². The van der Waals surface area contributed by atoms with Crippen LogP contribution in [0.4, 0.5) is 5.69 Å². The second-order valence-electron chi connectivity index (χ2n) is 7.65. The predicted octanol–water partition coefficient (Wildman–Crippen LogP) is 2.58. The maximum atomic E-state index is 12.7. The van der Waals surface area contributed by atoms with Crippen LogP contribution in [0.5, 0.6) is 0 Å². The first kappa shape index (κ1) is 17.3. The molecule has 24 heavy (non-hydrogen) atoms. The maximum absolute atomic E-state index is 12.7. The average molecular weight is 430 g/mol. The molecule has 0 saturated carbocycles. The van der Waals surface area contributed by atoms with Crippen LogP contribution >= 0.6 is 0 Å². The van der Waals surface area contributed by atoms with E-state index in [-0.39, 0.29) is 11.9 Å². The fourth-order valence-corrected chi connectivity index (χ4v) is 8.27. The van der Waals surface area contributed by atoms with E-state index in [0.717, 1.165) is 19.4 Å². The Balaban J connectivity index is 1.85. The van der Waals surface area contributed by atoms with E-state index >= 15 is 0 Å². The standard InChI is InChI=1S/C16H16N3O.3CH3.Sn/c17-11-14-7-4-10-19(14)16(20)12-18-9-3-6-13-5-1-2-8-15(13)18;;;;/h1-3,6,8,14H,4,7,9-10,12H2;3*1H3;. The molecule has 126 valence electrons. The molecule has 1 amide bonds. The minimum absolute atomic E-state index is 0.0741. The minimum atomic E-state index is -2.21. The van der Waals surface area contributed by atoms with Crippen molar-refractivity contribution in [2.75, 3.05) is 24.5 Å². The van der Waals surface area contributed by atoms with Gasteiger partial charge in [-0.1, -0.05) is 0 Å². The number of hydrogen-bond acceptors (Lipinski definition) is 3. The number of carbonyl (C=O) groups is 1. The van der Waals surface area contributed by atoms with Gasteiger partial charge in [0, 0.05) is 0 Å². The molecule has 3 rings (SSSR count). The fourth-order valence-electron chi connectivity index (χ4n) is 3.66. The second-order valence-corrected chi connectivity index (χ2v) is 22.0. The molecule has 0 bridgehead atoms. The fraction of sp³-hybridized carbons (Fsp3) is 0.474. The Morgan fingerprint density at radius 2 is 2.17 bits per heavy atom. The van der Waals surface area contributed by atoms with Gasteiger partial charge in [-0.05, 0) is 0 Å². The molecular weight excluding hydrogens is 405 g/mol. The van der Waals surface area contributed by atoms with E-state index < -0.39 is 18.4 Å². The summed E-state index contributed by atoms with van der Waals surface area (Å²) in [6.45, 7) is 1.83. The van der Waals surface area contributed by atoms with Crippen molar-refractivity contribution in [1.29, 1.82) is 5.26 Å².